The summed E-state index contributed by atoms with van der Waals surface area (Å²) in [5.74, 6) is 1.26. The van der Waals surface area contributed by atoms with Crippen LogP contribution in [0.2, 0.25) is 0 Å². The Bertz CT molecular complexity index is 133. The normalized spacial score (nSPS) is 32.6. The van der Waals surface area contributed by atoms with Gasteiger partial charge in [-0.2, -0.15) is 0 Å². The highest BCUT2D eigenvalue weighted by molar-refractivity contribution is 5.81. The lowest BCUT2D eigenvalue weighted by atomic mass is 9.92. The molecule has 0 aliphatic carbocycles. The summed E-state index contributed by atoms with van der Waals surface area (Å²) in [6, 6.07) is 0. The van der Waals surface area contributed by atoms with E-state index in [0.717, 1.165) is 13.1 Å². The maximum atomic E-state index is 11.2. The number of Topliss-reactive ketones (excluding diaryl/α,β-unsaturated/α-hetero) is 1. The molecule has 0 amide bonds. The summed E-state index contributed by atoms with van der Waals surface area (Å²) in [5.41, 5.74) is 0. The zero-order valence-electron chi connectivity index (χ0n) is 6.68. The Morgan fingerprint density at radius 1 is 1.60 bits per heavy atom. The number of ketones is 1. The standard InChI is InChI=1S/C8H15NO/c1-3-8(10)7-5-9-4-6(7)2/h6-7,9H,3-5H2,1-2H3. The van der Waals surface area contributed by atoms with Gasteiger partial charge in [-0.3, -0.25) is 4.79 Å². The smallest absolute Gasteiger partial charge is 0.137 e. The van der Waals surface area contributed by atoms with Crippen LogP contribution in [0.3, 0.4) is 0 Å². The molecule has 2 nitrogen and oxygen atoms in total. The van der Waals surface area contributed by atoms with Gasteiger partial charge in [0.1, 0.15) is 5.78 Å². The average Bonchev–Trinajstić information content (AvgIpc) is 2.34. The van der Waals surface area contributed by atoms with Crippen LogP contribution in [0.15, 0.2) is 0 Å². The van der Waals surface area contributed by atoms with Crippen LogP contribution in [-0.4, -0.2) is 18.9 Å². The lowest BCUT2D eigenvalue weighted by molar-refractivity contribution is -0.122. The van der Waals surface area contributed by atoms with E-state index in [1.54, 1.807) is 0 Å². The zero-order chi connectivity index (χ0) is 7.56. The van der Waals surface area contributed by atoms with Gasteiger partial charge in [-0.25, -0.2) is 0 Å². The summed E-state index contributed by atoms with van der Waals surface area (Å²) >= 11 is 0. The second-order valence-corrected chi connectivity index (χ2v) is 3.06. The topological polar surface area (TPSA) is 29.1 Å². The average molecular weight is 141 g/mol. The largest absolute Gasteiger partial charge is 0.316 e. The van der Waals surface area contributed by atoms with Gasteiger partial charge >= 0.3 is 0 Å². The minimum absolute atomic E-state index is 0.296. The molecule has 0 spiro atoms. The van der Waals surface area contributed by atoms with Crippen molar-refractivity contribution in [1.82, 2.24) is 5.32 Å². The fourth-order valence-electron chi connectivity index (χ4n) is 1.50. The highest BCUT2D eigenvalue weighted by atomic mass is 16.1. The van der Waals surface area contributed by atoms with Crippen molar-refractivity contribution in [3.8, 4) is 0 Å². The van der Waals surface area contributed by atoms with Crippen LogP contribution in [0, 0.1) is 11.8 Å². The van der Waals surface area contributed by atoms with Crippen molar-refractivity contribution in [3.63, 3.8) is 0 Å². The van der Waals surface area contributed by atoms with Crippen molar-refractivity contribution in [2.45, 2.75) is 20.3 Å². The van der Waals surface area contributed by atoms with Gasteiger partial charge in [0.25, 0.3) is 0 Å². The molecule has 1 aliphatic rings. The van der Waals surface area contributed by atoms with Crippen LogP contribution in [0.1, 0.15) is 20.3 Å². The van der Waals surface area contributed by atoms with Crippen molar-refractivity contribution < 1.29 is 4.79 Å². The second-order valence-electron chi connectivity index (χ2n) is 3.06. The van der Waals surface area contributed by atoms with E-state index < -0.39 is 0 Å². The third kappa shape index (κ3) is 1.37. The molecule has 2 unspecified atom stereocenters. The van der Waals surface area contributed by atoms with Gasteiger partial charge in [0.2, 0.25) is 0 Å². The first-order valence-corrected chi connectivity index (χ1v) is 3.99. The third-order valence-electron chi connectivity index (χ3n) is 2.28. The molecule has 1 rings (SSSR count). The molecule has 0 bridgehead atoms. The number of nitrogens with one attached hydrogen (secondary N) is 1. The van der Waals surface area contributed by atoms with Crippen LogP contribution in [0.4, 0.5) is 0 Å². The molecule has 0 radical (unpaired) electrons. The second kappa shape index (κ2) is 3.15. The Morgan fingerprint density at radius 2 is 2.30 bits per heavy atom. The highest BCUT2D eigenvalue weighted by Crippen LogP contribution is 2.17. The number of hydrogen-bond acceptors (Lipinski definition) is 2. The molecule has 0 aromatic carbocycles. The molecule has 1 fully saturated rings. The first-order valence-electron chi connectivity index (χ1n) is 3.99. The summed E-state index contributed by atoms with van der Waals surface area (Å²) in [6.45, 7) is 5.98. The fourth-order valence-corrected chi connectivity index (χ4v) is 1.50. The lowest BCUT2D eigenvalue weighted by Gasteiger charge is -2.10. The summed E-state index contributed by atoms with van der Waals surface area (Å²) in [5, 5.41) is 3.22. The molecule has 0 aromatic rings. The van der Waals surface area contributed by atoms with E-state index in [-0.39, 0.29) is 0 Å². The first-order chi connectivity index (χ1) is 4.75. The van der Waals surface area contributed by atoms with Gasteiger partial charge < -0.3 is 5.32 Å². The summed E-state index contributed by atoms with van der Waals surface area (Å²) in [4.78, 5) is 11.2. The van der Waals surface area contributed by atoms with Crippen LogP contribution in [0.5, 0.6) is 0 Å². The van der Waals surface area contributed by atoms with Gasteiger partial charge in [0.05, 0.1) is 0 Å². The Morgan fingerprint density at radius 3 is 2.70 bits per heavy atom. The summed E-state index contributed by atoms with van der Waals surface area (Å²) < 4.78 is 0. The van der Waals surface area contributed by atoms with Crippen LogP contribution < -0.4 is 5.32 Å². The van der Waals surface area contributed by atoms with Gasteiger partial charge in [0.15, 0.2) is 0 Å². The van der Waals surface area contributed by atoms with E-state index in [1.165, 1.54) is 0 Å². The number of rotatable bonds is 2. The van der Waals surface area contributed by atoms with Crippen molar-refractivity contribution in [1.29, 1.82) is 0 Å². The van der Waals surface area contributed by atoms with Crippen molar-refractivity contribution in [2.24, 2.45) is 11.8 Å². The molecule has 0 saturated carbocycles. The predicted octanol–water partition coefficient (Wildman–Crippen LogP) is 0.821. The Kier molecular flexibility index (Phi) is 2.44. The van der Waals surface area contributed by atoms with E-state index in [0.29, 0.717) is 24.0 Å². The van der Waals surface area contributed by atoms with E-state index in [9.17, 15) is 4.79 Å². The summed E-state index contributed by atoms with van der Waals surface area (Å²) in [6.07, 6.45) is 0.691. The fraction of sp³-hybridized carbons (Fsp3) is 0.875. The van der Waals surface area contributed by atoms with Gasteiger partial charge in [-0.1, -0.05) is 13.8 Å². The van der Waals surface area contributed by atoms with Crippen molar-refractivity contribution >= 4 is 5.78 Å². The van der Waals surface area contributed by atoms with E-state index >= 15 is 0 Å². The molecule has 0 aromatic heterocycles. The molecule has 1 aliphatic heterocycles. The lowest BCUT2D eigenvalue weighted by Crippen LogP contribution is -2.20. The molecule has 2 atom stereocenters. The van der Waals surface area contributed by atoms with Crippen LogP contribution >= 0.6 is 0 Å². The molecule has 58 valence electrons. The van der Waals surface area contributed by atoms with Gasteiger partial charge in [-0.05, 0) is 12.5 Å². The zero-order valence-corrected chi connectivity index (χ0v) is 6.68. The van der Waals surface area contributed by atoms with E-state index in [4.69, 9.17) is 0 Å². The molecule has 1 saturated heterocycles. The maximum absolute atomic E-state index is 11.2. The predicted molar refractivity (Wildman–Crippen MR) is 40.8 cm³/mol. The molecular weight excluding hydrogens is 126 g/mol. The maximum Gasteiger partial charge on any atom is 0.137 e. The van der Waals surface area contributed by atoms with Crippen molar-refractivity contribution in [3.05, 3.63) is 0 Å². The first kappa shape index (κ1) is 7.73. The number of carbonyl (C=O) groups is 1. The van der Waals surface area contributed by atoms with Gasteiger partial charge in [0, 0.05) is 18.9 Å². The van der Waals surface area contributed by atoms with E-state index in [2.05, 4.69) is 12.2 Å². The van der Waals surface area contributed by atoms with E-state index in [1.807, 2.05) is 6.92 Å². The van der Waals surface area contributed by atoms with Crippen LogP contribution in [0.25, 0.3) is 0 Å². The Labute approximate surface area is 62.0 Å². The monoisotopic (exact) mass is 141 g/mol. The summed E-state index contributed by atoms with van der Waals surface area (Å²) in [7, 11) is 0. The van der Waals surface area contributed by atoms with Crippen LogP contribution in [-0.2, 0) is 4.79 Å². The van der Waals surface area contributed by atoms with Gasteiger partial charge in [-0.15, -0.1) is 0 Å². The molecule has 2 heteroatoms. The molecular formula is C8H15NO. The highest BCUT2D eigenvalue weighted by Gasteiger charge is 2.27. The molecule has 1 N–H and O–H groups in total. The van der Waals surface area contributed by atoms with Crippen molar-refractivity contribution in [2.75, 3.05) is 13.1 Å². The number of carbonyl (C=O) groups excluding carboxylic acids is 1. The Balaban J connectivity index is 2.46. The quantitative estimate of drug-likeness (QED) is 0.617. The third-order valence-corrected chi connectivity index (χ3v) is 2.28. The number of hydrogen-bond donors (Lipinski definition) is 1. The molecule has 10 heavy (non-hydrogen) atoms. The SMILES string of the molecule is CCC(=O)C1CNCC1C. The molecule has 1 heterocycles. The minimum atomic E-state index is 0.296. The minimum Gasteiger partial charge on any atom is -0.316 e. The Hall–Kier alpha value is -0.370.